The van der Waals surface area contributed by atoms with Crippen molar-refractivity contribution in [2.24, 2.45) is 5.73 Å². The van der Waals surface area contributed by atoms with Crippen molar-refractivity contribution in [2.75, 3.05) is 0 Å². The fourth-order valence-electron chi connectivity index (χ4n) is 0.135. The van der Waals surface area contributed by atoms with E-state index < -0.39 is 5.91 Å². The second-order valence-electron chi connectivity index (χ2n) is 0.941. The SMILES string of the molecule is NC(=O)C=CO[SiH3]. The first-order chi connectivity index (χ1) is 3.27. The zero-order valence-electron chi connectivity index (χ0n) is 4.05. The van der Waals surface area contributed by atoms with Crippen LogP contribution in [-0.2, 0) is 9.22 Å². The van der Waals surface area contributed by atoms with Crippen LogP contribution >= 0.6 is 0 Å². The van der Waals surface area contributed by atoms with Crippen molar-refractivity contribution in [1.82, 2.24) is 0 Å². The normalized spacial score (nSPS) is 9.71. The number of carbonyl (C=O) groups excluding carboxylic acids is 1. The number of hydrogen-bond donors (Lipinski definition) is 1. The molecule has 0 bridgehead atoms. The third kappa shape index (κ3) is 5.23. The van der Waals surface area contributed by atoms with Crippen LogP contribution in [0, 0.1) is 0 Å². The fraction of sp³-hybridized carbons (Fsp3) is 0. The topological polar surface area (TPSA) is 52.3 Å². The Kier molecular flexibility index (Phi) is 3.04. The number of carbonyl (C=O) groups is 1. The number of primary amides is 1. The molecule has 7 heavy (non-hydrogen) atoms. The summed E-state index contributed by atoms with van der Waals surface area (Å²) in [5, 5.41) is 0. The van der Waals surface area contributed by atoms with Crippen molar-refractivity contribution in [3.63, 3.8) is 0 Å². The maximum Gasteiger partial charge on any atom is 0.244 e. The van der Waals surface area contributed by atoms with Crippen molar-refractivity contribution in [3.05, 3.63) is 12.3 Å². The third-order valence-electron chi connectivity index (χ3n) is 0.368. The Hall–Kier alpha value is -0.773. The van der Waals surface area contributed by atoms with E-state index in [-0.39, 0.29) is 0 Å². The Morgan fingerprint density at radius 3 is 2.57 bits per heavy atom. The van der Waals surface area contributed by atoms with E-state index in [4.69, 9.17) is 0 Å². The number of hydrogen-bond acceptors (Lipinski definition) is 2. The zero-order valence-corrected chi connectivity index (χ0v) is 6.05. The van der Waals surface area contributed by atoms with Gasteiger partial charge in [-0.05, 0) is 0 Å². The summed E-state index contributed by atoms with van der Waals surface area (Å²) >= 11 is 0. The van der Waals surface area contributed by atoms with Crippen LogP contribution in [-0.4, -0.2) is 16.4 Å². The minimum Gasteiger partial charge on any atom is -0.558 e. The van der Waals surface area contributed by atoms with E-state index in [9.17, 15) is 4.79 Å². The number of rotatable bonds is 2. The van der Waals surface area contributed by atoms with E-state index in [2.05, 4.69) is 10.2 Å². The van der Waals surface area contributed by atoms with Gasteiger partial charge in [0.1, 0.15) is 0 Å². The summed E-state index contributed by atoms with van der Waals surface area (Å²) in [6.07, 6.45) is 2.46. The molecule has 0 aromatic carbocycles. The molecule has 0 spiro atoms. The molecule has 0 aliphatic heterocycles. The molecule has 0 fully saturated rings. The van der Waals surface area contributed by atoms with Crippen molar-refractivity contribution < 1.29 is 9.22 Å². The predicted molar refractivity (Wildman–Crippen MR) is 29.4 cm³/mol. The molecular formula is C3H7NO2Si. The summed E-state index contributed by atoms with van der Waals surface area (Å²) in [4.78, 5) is 9.83. The maximum absolute atomic E-state index is 9.83. The van der Waals surface area contributed by atoms with Gasteiger partial charge in [0.25, 0.3) is 0 Å². The highest BCUT2D eigenvalue weighted by atomic mass is 28.2. The first-order valence-electron chi connectivity index (χ1n) is 1.76. The van der Waals surface area contributed by atoms with E-state index >= 15 is 0 Å². The molecule has 1 amide bonds. The maximum atomic E-state index is 9.83. The molecule has 0 aromatic rings. The lowest BCUT2D eigenvalue weighted by Gasteiger charge is -1.81. The van der Waals surface area contributed by atoms with Gasteiger partial charge in [-0.3, -0.25) is 4.79 Å². The van der Waals surface area contributed by atoms with Gasteiger partial charge in [0.15, 0.2) is 0 Å². The second kappa shape index (κ2) is 3.42. The van der Waals surface area contributed by atoms with Crippen LogP contribution in [0.15, 0.2) is 12.3 Å². The van der Waals surface area contributed by atoms with Crippen LogP contribution in [0.3, 0.4) is 0 Å². The summed E-state index contributed by atoms with van der Waals surface area (Å²) in [7, 11) is 0.600. The lowest BCUT2D eigenvalue weighted by molar-refractivity contribution is -0.113. The van der Waals surface area contributed by atoms with E-state index in [1.807, 2.05) is 0 Å². The Balaban J connectivity index is 3.26. The quantitative estimate of drug-likeness (QED) is 0.266. The molecule has 2 N–H and O–H groups in total. The van der Waals surface area contributed by atoms with E-state index in [0.29, 0.717) is 10.5 Å². The lowest BCUT2D eigenvalue weighted by atomic mass is 10.6. The standard InChI is InChI=1S/C3H7NO2Si/c4-3(5)1-2-6-7/h1-2H,7H3,(H2,4,5). The van der Waals surface area contributed by atoms with Gasteiger partial charge in [0.05, 0.1) is 6.26 Å². The van der Waals surface area contributed by atoms with Crippen LogP contribution in [0.25, 0.3) is 0 Å². The highest BCUT2D eigenvalue weighted by Crippen LogP contribution is 1.66. The molecule has 0 rings (SSSR count). The van der Waals surface area contributed by atoms with Gasteiger partial charge >= 0.3 is 0 Å². The van der Waals surface area contributed by atoms with E-state index in [0.717, 1.165) is 0 Å². The Labute approximate surface area is 44.7 Å². The van der Waals surface area contributed by atoms with Gasteiger partial charge in [-0.15, -0.1) is 0 Å². The van der Waals surface area contributed by atoms with Crippen molar-refractivity contribution in [3.8, 4) is 0 Å². The summed E-state index contributed by atoms with van der Waals surface area (Å²) in [6.45, 7) is 0. The van der Waals surface area contributed by atoms with Gasteiger partial charge in [0.2, 0.25) is 16.4 Å². The van der Waals surface area contributed by atoms with Gasteiger partial charge < -0.3 is 10.2 Å². The van der Waals surface area contributed by atoms with E-state index in [1.54, 1.807) is 0 Å². The molecule has 0 saturated carbocycles. The van der Waals surface area contributed by atoms with Gasteiger partial charge in [0, 0.05) is 6.08 Å². The highest BCUT2D eigenvalue weighted by Gasteiger charge is 1.76. The Bertz CT molecular complexity index is 90.9. The summed E-state index contributed by atoms with van der Waals surface area (Å²) < 4.78 is 4.51. The molecule has 0 aliphatic carbocycles. The Morgan fingerprint density at radius 1 is 1.86 bits per heavy atom. The van der Waals surface area contributed by atoms with Gasteiger partial charge in [-0.2, -0.15) is 0 Å². The average Bonchev–Trinajstić information content (AvgIpc) is 1.61. The molecule has 40 valence electrons. The molecule has 0 atom stereocenters. The van der Waals surface area contributed by atoms with Gasteiger partial charge in [-0.1, -0.05) is 0 Å². The van der Waals surface area contributed by atoms with Crippen LogP contribution in [0.1, 0.15) is 0 Å². The van der Waals surface area contributed by atoms with E-state index in [1.165, 1.54) is 12.3 Å². The monoisotopic (exact) mass is 117 g/mol. The predicted octanol–water partition coefficient (Wildman–Crippen LogP) is -1.72. The lowest BCUT2D eigenvalue weighted by Crippen LogP contribution is -2.05. The van der Waals surface area contributed by atoms with Gasteiger partial charge in [-0.25, -0.2) is 0 Å². The molecular weight excluding hydrogens is 110 g/mol. The van der Waals surface area contributed by atoms with Crippen molar-refractivity contribution in [1.29, 1.82) is 0 Å². The number of nitrogens with two attached hydrogens (primary N) is 1. The summed E-state index contributed by atoms with van der Waals surface area (Å²) in [5.74, 6) is -0.476. The molecule has 0 aliphatic rings. The summed E-state index contributed by atoms with van der Waals surface area (Å²) in [6, 6.07) is 0. The molecule has 0 radical (unpaired) electrons. The van der Waals surface area contributed by atoms with Crippen LogP contribution in [0.2, 0.25) is 0 Å². The smallest absolute Gasteiger partial charge is 0.244 e. The third-order valence-corrected chi connectivity index (χ3v) is 0.641. The first kappa shape index (κ1) is 6.23. The number of amides is 1. The molecule has 4 heteroatoms. The summed E-state index contributed by atoms with van der Waals surface area (Å²) in [5.41, 5.74) is 4.69. The van der Waals surface area contributed by atoms with Crippen LogP contribution < -0.4 is 5.73 Å². The highest BCUT2D eigenvalue weighted by molar-refractivity contribution is 5.98. The largest absolute Gasteiger partial charge is 0.558 e. The molecule has 3 nitrogen and oxygen atoms in total. The molecule has 0 aromatic heterocycles. The first-order valence-corrected chi connectivity index (χ1v) is 2.58. The molecule has 0 heterocycles. The minimum absolute atomic E-state index is 0.476. The average molecular weight is 117 g/mol. The zero-order chi connectivity index (χ0) is 5.70. The molecule has 0 unspecified atom stereocenters. The van der Waals surface area contributed by atoms with Crippen LogP contribution in [0.4, 0.5) is 0 Å². The van der Waals surface area contributed by atoms with Crippen molar-refractivity contribution >= 4 is 16.4 Å². The van der Waals surface area contributed by atoms with Crippen molar-refractivity contribution in [2.45, 2.75) is 0 Å². The minimum atomic E-state index is -0.476. The fourth-order valence-corrected chi connectivity index (χ4v) is 0.271. The van der Waals surface area contributed by atoms with Crippen LogP contribution in [0.5, 0.6) is 0 Å². The molecule has 0 saturated heterocycles. The second-order valence-corrected chi connectivity index (χ2v) is 1.41. The Morgan fingerprint density at radius 2 is 2.43 bits per heavy atom.